The molecule has 180 valence electrons. The second-order valence-corrected chi connectivity index (χ2v) is 9.95. The van der Waals surface area contributed by atoms with Gasteiger partial charge in [0.25, 0.3) is 5.56 Å². The number of halogens is 3. The van der Waals surface area contributed by atoms with E-state index in [0.717, 1.165) is 33.9 Å². The second-order valence-electron chi connectivity index (χ2n) is 8.07. The van der Waals surface area contributed by atoms with Crippen LogP contribution in [0.2, 0.25) is 0 Å². The monoisotopic (exact) mass is 492 g/mol. The summed E-state index contributed by atoms with van der Waals surface area (Å²) >= 11 is 0. The van der Waals surface area contributed by atoms with E-state index in [4.69, 9.17) is 0 Å². The maximum absolute atomic E-state index is 13.3. The maximum Gasteiger partial charge on any atom is 0.416 e. The van der Waals surface area contributed by atoms with Gasteiger partial charge in [-0.2, -0.15) is 13.2 Å². The Morgan fingerprint density at radius 2 is 1.62 bits per heavy atom. The molecule has 1 aromatic heterocycles. The number of nitrogens with one attached hydrogen (secondary N) is 1. The lowest BCUT2D eigenvalue weighted by Gasteiger charge is -2.16. The Balaban J connectivity index is 1.98. The fourth-order valence-electron chi connectivity index (χ4n) is 3.55. The van der Waals surface area contributed by atoms with Gasteiger partial charge in [0, 0.05) is 11.4 Å². The Kier molecular flexibility index (Phi) is 6.75. The molecule has 3 aromatic rings. The molecule has 10 heteroatoms. The highest BCUT2D eigenvalue weighted by atomic mass is 32.2. The second kappa shape index (κ2) is 9.09. The first kappa shape index (κ1) is 25.2. The lowest BCUT2D eigenvalue weighted by atomic mass is 10.1. The Morgan fingerprint density at radius 1 is 0.941 bits per heavy atom. The first-order valence-electron chi connectivity index (χ1n) is 10.2. The van der Waals surface area contributed by atoms with E-state index < -0.39 is 44.5 Å². The van der Waals surface area contributed by atoms with Crippen LogP contribution < -0.4 is 10.9 Å². The third-order valence-electron chi connectivity index (χ3n) is 5.48. The topological polar surface area (TPSA) is 85.2 Å². The van der Waals surface area contributed by atoms with Gasteiger partial charge >= 0.3 is 6.18 Å². The molecule has 0 bridgehead atoms. The summed E-state index contributed by atoms with van der Waals surface area (Å²) in [5.74, 6) is -0.775. The average molecular weight is 493 g/mol. The molecule has 1 heterocycles. The van der Waals surface area contributed by atoms with Gasteiger partial charge in [-0.1, -0.05) is 12.1 Å². The van der Waals surface area contributed by atoms with E-state index in [2.05, 4.69) is 5.32 Å². The van der Waals surface area contributed by atoms with Crippen molar-refractivity contribution in [2.24, 2.45) is 0 Å². The Hall–Kier alpha value is -3.40. The number of amides is 1. The van der Waals surface area contributed by atoms with Gasteiger partial charge in [0.15, 0.2) is 0 Å². The SMILES string of the molecule is Cc1ccc(S(=O)(=O)c2c(C)cc(C)n(CC(=O)Nc3cccc(C(F)(F)F)c3)c2=O)cc1C. The van der Waals surface area contributed by atoms with Crippen molar-refractivity contribution in [2.45, 2.75) is 50.2 Å². The van der Waals surface area contributed by atoms with Crippen LogP contribution in [0.5, 0.6) is 0 Å². The van der Waals surface area contributed by atoms with Crippen molar-refractivity contribution in [1.82, 2.24) is 4.57 Å². The van der Waals surface area contributed by atoms with Crippen molar-refractivity contribution < 1.29 is 26.4 Å². The number of pyridine rings is 1. The maximum atomic E-state index is 13.3. The number of sulfone groups is 1. The number of aromatic nitrogens is 1. The Bertz CT molecular complexity index is 1440. The zero-order chi connectivity index (χ0) is 25.4. The molecular formula is C24H23F3N2O4S. The van der Waals surface area contributed by atoms with Gasteiger partial charge in [0.1, 0.15) is 11.4 Å². The molecule has 3 rings (SSSR count). The third-order valence-corrected chi connectivity index (χ3v) is 7.39. The number of rotatable bonds is 5. The summed E-state index contributed by atoms with van der Waals surface area (Å²) in [6, 6.07) is 10.1. The summed E-state index contributed by atoms with van der Waals surface area (Å²) in [5, 5.41) is 2.33. The van der Waals surface area contributed by atoms with Gasteiger partial charge in [-0.3, -0.25) is 9.59 Å². The van der Waals surface area contributed by atoms with Gasteiger partial charge < -0.3 is 9.88 Å². The summed E-state index contributed by atoms with van der Waals surface area (Å²) < 4.78 is 66.3. The minimum absolute atomic E-state index is 0.0420. The van der Waals surface area contributed by atoms with Crippen LogP contribution in [-0.2, 0) is 27.4 Å². The van der Waals surface area contributed by atoms with E-state index >= 15 is 0 Å². The summed E-state index contributed by atoms with van der Waals surface area (Å²) in [6.07, 6.45) is -4.58. The lowest BCUT2D eigenvalue weighted by Crippen LogP contribution is -2.33. The first-order valence-corrected chi connectivity index (χ1v) is 11.7. The predicted molar refractivity (Wildman–Crippen MR) is 122 cm³/mol. The molecule has 0 aliphatic rings. The molecule has 1 amide bonds. The fourth-order valence-corrected chi connectivity index (χ4v) is 5.19. The molecule has 0 aliphatic carbocycles. The van der Waals surface area contributed by atoms with Crippen LogP contribution in [0, 0.1) is 27.7 Å². The molecule has 0 radical (unpaired) electrons. The van der Waals surface area contributed by atoms with Crippen molar-refractivity contribution in [3.05, 3.63) is 86.8 Å². The molecule has 0 aliphatic heterocycles. The molecule has 6 nitrogen and oxygen atoms in total. The highest BCUT2D eigenvalue weighted by Gasteiger charge is 2.31. The predicted octanol–water partition coefficient (Wildman–Crippen LogP) is 4.57. The smallest absolute Gasteiger partial charge is 0.325 e. The number of hydrogen-bond acceptors (Lipinski definition) is 4. The molecule has 0 saturated carbocycles. The zero-order valence-corrected chi connectivity index (χ0v) is 19.8. The van der Waals surface area contributed by atoms with Crippen LogP contribution in [0.3, 0.4) is 0 Å². The fraction of sp³-hybridized carbons (Fsp3) is 0.250. The molecule has 0 saturated heterocycles. The molecule has 0 atom stereocenters. The quantitative estimate of drug-likeness (QED) is 0.565. The van der Waals surface area contributed by atoms with E-state index in [1.807, 2.05) is 6.92 Å². The van der Waals surface area contributed by atoms with Crippen molar-refractivity contribution >= 4 is 21.4 Å². The van der Waals surface area contributed by atoms with Gasteiger partial charge in [0.2, 0.25) is 15.7 Å². The van der Waals surface area contributed by atoms with E-state index in [1.165, 1.54) is 31.2 Å². The van der Waals surface area contributed by atoms with Crippen LogP contribution >= 0.6 is 0 Å². The van der Waals surface area contributed by atoms with E-state index in [1.54, 1.807) is 19.9 Å². The summed E-state index contributed by atoms with van der Waals surface area (Å²) in [4.78, 5) is 25.3. The van der Waals surface area contributed by atoms with E-state index in [0.29, 0.717) is 5.69 Å². The van der Waals surface area contributed by atoms with Gasteiger partial charge in [-0.15, -0.1) is 0 Å². The highest BCUT2D eigenvalue weighted by Crippen LogP contribution is 2.30. The lowest BCUT2D eigenvalue weighted by molar-refractivity contribution is -0.137. The van der Waals surface area contributed by atoms with Crippen LogP contribution in [0.15, 0.2) is 63.1 Å². The Labute approximate surface area is 195 Å². The van der Waals surface area contributed by atoms with Crippen molar-refractivity contribution in [2.75, 3.05) is 5.32 Å². The first-order chi connectivity index (χ1) is 15.7. The van der Waals surface area contributed by atoms with Gasteiger partial charge in [-0.25, -0.2) is 8.42 Å². The van der Waals surface area contributed by atoms with Crippen LogP contribution in [0.1, 0.15) is 27.9 Å². The number of hydrogen-bond donors (Lipinski definition) is 1. The molecule has 1 N–H and O–H groups in total. The average Bonchev–Trinajstić information content (AvgIpc) is 2.72. The van der Waals surface area contributed by atoms with Crippen molar-refractivity contribution in [3.8, 4) is 0 Å². The molecule has 34 heavy (non-hydrogen) atoms. The number of benzene rings is 2. The number of aryl methyl sites for hydroxylation is 4. The molecule has 0 unspecified atom stereocenters. The van der Waals surface area contributed by atoms with Crippen molar-refractivity contribution in [3.63, 3.8) is 0 Å². The van der Waals surface area contributed by atoms with Crippen molar-refractivity contribution in [1.29, 1.82) is 0 Å². The number of nitrogens with zero attached hydrogens (tertiary/aromatic N) is 1. The minimum atomic E-state index is -4.58. The zero-order valence-electron chi connectivity index (χ0n) is 18.9. The van der Waals surface area contributed by atoms with Crippen LogP contribution in [0.4, 0.5) is 18.9 Å². The molecule has 0 spiro atoms. The molecular weight excluding hydrogens is 469 g/mol. The van der Waals surface area contributed by atoms with Crippen LogP contribution in [0.25, 0.3) is 0 Å². The number of alkyl halides is 3. The largest absolute Gasteiger partial charge is 0.416 e. The van der Waals surface area contributed by atoms with Gasteiger partial charge in [-0.05, 0) is 80.8 Å². The molecule has 0 fully saturated rings. The normalized spacial score (nSPS) is 12.0. The van der Waals surface area contributed by atoms with E-state index in [-0.39, 0.29) is 16.1 Å². The number of anilines is 1. The number of carbonyl (C=O) groups excluding carboxylic acids is 1. The van der Waals surface area contributed by atoms with E-state index in [9.17, 15) is 31.2 Å². The van der Waals surface area contributed by atoms with Crippen LogP contribution in [-0.4, -0.2) is 18.9 Å². The highest BCUT2D eigenvalue weighted by molar-refractivity contribution is 7.91. The van der Waals surface area contributed by atoms with Gasteiger partial charge in [0.05, 0.1) is 10.5 Å². The Morgan fingerprint density at radius 3 is 2.24 bits per heavy atom. The third kappa shape index (κ3) is 5.06. The summed E-state index contributed by atoms with van der Waals surface area (Å²) in [6.45, 7) is 6.05. The minimum Gasteiger partial charge on any atom is -0.325 e. The molecule has 2 aromatic carbocycles. The summed E-state index contributed by atoms with van der Waals surface area (Å²) in [5.41, 5.74) is 0.289. The summed E-state index contributed by atoms with van der Waals surface area (Å²) in [7, 11) is -4.19. The number of carbonyl (C=O) groups is 1. The standard InChI is InChI=1S/C24H23F3N2O4S/c1-14-8-9-20(11-15(14)2)34(32,33)22-16(3)10-17(4)29(23(22)31)13-21(30)28-19-7-5-6-18(12-19)24(25,26)27/h5-12H,13H2,1-4H3,(H,28,30).